The van der Waals surface area contributed by atoms with Crippen LogP contribution in [0.2, 0.25) is 0 Å². The van der Waals surface area contributed by atoms with Crippen LogP contribution in [0.1, 0.15) is 11.3 Å². The van der Waals surface area contributed by atoms with Gasteiger partial charge in [-0.2, -0.15) is 0 Å². The Morgan fingerprint density at radius 2 is 1.69 bits per heavy atom. The van der Waals surface area contributed by atoms with Crippen molar-refractivity contribution < 1.29 is 19.0 Å². The van der Waals surface area contributed by atoms with Gasteiger partial charge in [0.1, 0.15) is 0 Å². The number of fused-ring (bicyclic) bond motifs is 1. The minimum absolute atomic E-state index is 0.128. The molecule has 2 heterocycles. The molecule has 7 nitrogen and oxygen atoms in total. The lowest BCUT2D eigenvalue weighted by atomic mass is 10.1. The standard InChI is InChI=1S/C25H25N3O4/c1-30-21-12-17(13-22(31-2)25(21)32-3)15-26-23(29)14-19-16-28-11-7-10-20(28)24(27-19)18-8-5-4-6-9-18/h4-13,16H,14-15H2,1-3H3,(H,26,29). The van der Waals surface area contributed by atoms with Crippen molar-refractivity contribution in [1.82, 2.24) is 14.7 Å². The number of carbonyl (C=O) groups is 1. The van der Waals surface area contributed by atoms with Gasteiger partial charge in [0, 0.05) is 24.5 Å². The largest absolute Gasteiger partial charge is 0.493 e. The van der Waals surface area contributed by atoms with Gasteiger partial charge in [-0.3, -0.25) is 4.79 Å². The number of methoxy groups -OCH3 is 3. The Balaban J connectivity index is 1.52. The Bertz CT molecular complexity index is 1210. The molecule has 0 saturated heterocycles. The van der Waals surface area contributed by atoms with Gasteiger partial charge in [0.05, 0.1) is 44.7 Å². The third-order valence-electron chi connectivity index (χ3n) is 5.17. The van der Waals surface area contributed by atoms with Crippen molar-refractivity contribution in [3.63, 3.8) is 0 Å². The molecule has 4 aromatic rings. The van der Waals surface area contributed by atoms with Crippen molar-refractivity contribution in [2.75, 3.05) is 21.3 Å². The van der Waals surface area contributed by atoms with E-state index in [-0.39, 0.29) is 12.3 Å². The molecule has 1 amide bonds. The smallest absolute Gasteiger partial charge is 0.226 e. The van der Waals surface area contributed by atoms with Gasteiger partial charge in [-0.1, -0.05) is 30.3 Å². The molecule has 32 heavy (non-hydrogen) atoms. The van der Waals surface area contributed by atoms with Gasteiger partial charge >= 0.3 is 0 Å². The lowest BCUT2D eigenvalue weighted by Gasteiger charge is -2.14. The highest BCUT2D eigenvalue weighted by molar-refractivity contribution is 5.80. The van der Waals surface area contributed by atoms with Gasteiger partial charge in [0.2, 0.25) is 11.7 Å². The van der Waals surface area contributed by atoms with Crippen LogP contribution < -0.4 is 19.5 Å². The molecule has 2 aromatic heterocycles. The van der Waals surface area contributed by atoms with Gasteiger partial charge in [0.15, 0.2) is 11.5 Å². The van der Waals surface area contributed by atoms with Crippen molar-refractivity contribution in [2.45, 2.75) is 13.0 Å². The zero-order valence-corrected chi connectivity index (χ0v) is 18.3. The molecule has 1 N–H and O–H groups in total. The highest BCUT2D eigenvalue weighted by Gasteiger charge is 2.15. The molecule has 0 aliphatic rings. The molecular weight excluding hydrogens is 406 g/mol. The number of carbonyl (C=O) groups excluding carboxylic acids is 1. The zero-order chi connectivity index (χ0) is 22.5. The maximum Gasteiger partial charge on any atom is 0.226 e. The van der Waals surface area contributed by atoms with Gasteiger partial charge in [0.25, 0.3) is 0 Å². The molecule has 0 spiro atoms. The molecule has 0 bridgehead atoms. The third-order valence-corrected chi connectivity index (χ3v) is 5.17. The number of amides is 1. The van der Waals surface area contributed by atoms with E-state index in [4.69, 9.17) is 19.2 Å². The van der Waals surface area contributed by atoms with E-state index in [1.807, 2.05) is 71.4 Å². The zero-order valence-electron chi connectivity index (χ0n) is 18.3. The molecule has 7 heteroatoms. The second-order valence-electron chi connectivity index (χ2n) is 7.23. The normalized spacial score (nSPS) is 10.7. The minimum atomic E-state index is -0.128. The van der Waals surface area contributed by atoms with Gasteiger partial charge in [-0.15, -0.1) is 0 Å². The SMILES string of the molecule is COc1cc(CNC(=O)Cc2cn3cccc3c(-c3ccccc3)n2)cc(OC)c1OC. The first-order chi connectivity index (χ1) is 15.6. The number of aromatic nitrogens is 2. The summed E-state index contributed by atoms with van der Waals surface area (Å²) in [5, 5.41) is 2.95. The number of hydrogen-bond acceptors (Lipinski definition) is 5. The molecule has 0 aliphatic heterocycles. The van der Waals surface area contributed by atoms with E-state index < -0.39 is 0 Å². The predicted octanol–water partition coefficient (Wildman–Crippen LogP) is 3.89. The van der Waals surface area contributed by atoms with Crippen LogP contribution in [0, 0.1) is 0 Å². The molecule has 0 saturated carbocycles. The Hall–Kier alpha value is -4.00. The van der Waals surface area contributed by atoms with E-state index in [0.717, 1.165) is 22.3 Å². The third kappa shape index (κ3) is 4.37. The molecule has 0 radical (unpaired) electrons. The van der Waals surface area contributed by atoms with Gasteiger partial charge < -0.3 is 23.9 Å². The minimum Gasteiger partial charge on any atom is -0.493 e. The first kappa shape index (κ1) is 21.2. The highest BCUT2D eigenvalue weighted by Crippen LogP contribution is 2.38. The monoisotopic (exact) mass is 431 g/mol. The van der Waals surface area contributed by atoms with Crippen LogP contribution in [-0.4, -0.2) is 36.6 Å². The maximum absolute atomic E-state index is 12.7. The van der Waals surface area contributed by atoms with Crippen molar-refractivity contribution in [2.24, 2.45) is 0 Å². The summed E-state index contributed by atoms with van der Waals surface area (Å²) in [6.45, 7) is 0.326. The van der Waals surface area contributed by atoms with E-state index >= 15 is 0 Å². The lowest BCUT2D eigenvalue weighted by molar-refractivity contribution is -0.120. The molecule has 2 aromatic carbocycles. The van der Waals surface area contributed by atoms with E-state index in [2.05, 4.69) is 5.32 Å². The average molecular weight is 431 g/mol. The van der Waals surface area contributed by atoms with Crippen LogP contribution in [0.15, 0.2) is 67.0 Å². The number of rotatable bonds is 8. The number of nitrogens with zero attached hydrogens (tertiary/aromatic N) is 2. The van der Waals surface area contributed by atoms with Crippen molar-refractivity contribution >= 4 is 11.4 Å². The molecule has 0 fully saturated rings. The number of hydrogen-bond donors (Lipinski definition) is 1. The second kappa shape index (κ2) is 9.43. The Morgan fingerprint density at radius 1 is 0.969 bits per heavy atom. The number of benzene rings is 2. The molecule has 0 atom stereocenters. The fraction of sp³-hybridized carbons (Fsp3) is 0.200. The summed E-state index contributed by atoms with van der Waals surface area (Å²) in [7, 11) is 4.68. The van der Waals surface area contributed by atoms with Gasteiger partial charge in [-0.25, -0.2) is 4.98 Å². The van der Waals surface area contributed by atoms with Crippen molar-refractivity contribution in [3.8, 4) is 28.5 Å². The van der Waals surface area contributed by atoms with E-state index in [0.29, 0.717) is 29.5 Å². The molecular formula is C25H25N3O4. The molecule has 0 unspecified atom stereocenters. The first-order valence-electron chi connectivity index (χ1n) is 10.2. The number of nitrogens with one attached hydrogen (secondary N) is 1. The Kier molecular flexibility index (Phi) is 6.26. The molecule has 164 valence electrons. The predicted molar refractivity (Wildman–Crippen MR) is 122 cm³/mol. The van der Waals surface area contributed by atoms with Crippen LogP contribution in [-0.2, 0) is 17.8 Å². The summed E-state index contributed by atoms with van der Waals surface area (Å²) in [4.78, 5) is 17.5. The van der Waals surface area contributed by atoms with Crippen LogP contribution in [0.3, 0.4) is 0 Å². The van der Waals surface area contributed by atoms with Crippen LogP contribution in [0.4, 0.5) is 0 Å². The maximum atomic E-state index is 12.7. The fourth-order valence-electron chi connectivity index (χ4n) is 3.66. The topological polar surface area (TPSA) is 74.1 Å². The summed E-state index contributed by atoms with van der Waals surface area (Å²) in [5.74, 6) is 1.48. The summed E-state index contributed by atoms with van der Waals surface area (Å²) < 4.78 is 18.1. The quantitative estimate of drug-likeness (QED) is 0.458. The average Bonchev–Trinajstić information content (AvgIpc) is 3.30. The molecule has 0 aliphatic carbocycles. The van der Waals surface area contributed by atoms with Crippen molar-refractivity contribution in [1.29, 1.82) is 0 Å². The van der Waals surface area contributed by atoms with Crippen molar-refractivity contribution in [3.05, 3.63) is 78.2 Å². The van der Waals surface area contributed by atoms with Crippen LogP contribution in [0.5, 0.6) is 17.2 Å². The van der Waals surface area contributed by atoms with E-state index in [1.54, 1.807) is 21.3 Å². The summed E-state index contributed by atoms with van der Waals surface area (Å²) in [5.41, 5.74) is 4.39. The lowest BCUT2D eigenvalue weighted by Crippen LogP contribution is -2.25. The Morgan fingerprint density at radius 3 is 2.34 bits per heavy atom. The van der Waals surface area contributed by atoms with E-state index in [9.17, 15) is 4.79 Å². The second-order valence-corrected chi connectivity index (χ2v) is 7.23. The number of ether oxygens (including phenoxy) is 3. The Labute approximate surface area is 186 Å². The van der Waals surface area contributed by atoms with Crippen LogP contribution in [0.25, 0.3) is 16.8 Å². The van der Waals surface area contributed by atoms with Gasteiger partial charge in [-0.05, 0) is 29.8 Å². The summed E-state index contributed by atoms with van der Waals surface area (Å²) in [6.07, 6.45) is 4.01. The summed E-state index contributed by atoms with van der Waals surface area (Å²) >= 11 is 0. The van der Waals surface area contributed by atoms with Crippen LogP contribution >= 0.6 is 0 Å². The van der Waals surface area contributed by atoms with E-state index in [1.165, 1.54) is 0 Å². The summed E-state index contributed by atoms with van der Waals surface area (Å²) in [6, 6.07) is 17.6. The fourth-order valence-corrected chi connectivity index (χ4v) is 3.66. The highest BCUT2D eigenvalue weighted by atomic mass is 16.5. The first-order valence-corrected chi connectivity index (χ1v) is 10.2. The molecule has 4 rings (SSSR count).